The van der Waals surface area contributed by atoms with E-state index in [-0.39, 0.29) is 0 Å². The topological polar surface area (TPSA) is 35.0 Å². The Morgan fingerprint density at radius 3 is 2.53 bits per heavy atom. The van der Waals surface area contributed by atoms with Crippen LogP contribution in [-0.4, -0.2) is 17.1 Å². The zero-order valence-electron chi connectivity index (χ0n) is 10.8. The Morgan fingerprint density at radius 2 is 1.88 bits per heavy atom. The van der Waals surface area contributed by atoms with Gasteiger partial charge in [-0.1, -0.05) is 26.0 Å². The van der Waals surface area contributed by atoms with E-state index >= 15 is 0 Å². The monoisotopic (exact) mass is 230 g/mol. The fraction of sp³-hybridized carbons (Fsp3) is 0.286. The minimum atomic E-state index is 0.730. The van der Waals surface area contributed by atoms with Gasteiger partial charge in [-0.05, 0) is 25.1 Å². The fourth-order valence-electron chi connectivity index (χ4n) is 1.35. The van der Waals surface area contributed by atoms with E-state index in [1.807, 2.05) is 51.1 Å². The summed E-state index contributed by atoms with van der Waals surface area (Å²) >= 11 is 0. The van der Waals surface area contributed by atoms with Crippen molar-refractivity contribution in [2.24, 2.45) is 0 Å². The maximum absolute atomic E-state index is 5.15. The van der Waals surface area contributed by atoms with Gasteiger partial charge in [-0.15, -0.1) is 0 Å². The van der Waals surface area contributed by atoms with Gasteiger partial charge < -0.3 is 4.74 Å². The third-order valence-electron chi connectivity index (χ3n) is 2.12. The lowest BCUT2D eigenvalue weighted by Crippen LogP contribution is -1.91. The molecular weight excluding hydrogens is 212 g/mol. The van der Waals surface area contributed by atoms with Gasteiger partial charge >= 0.3 is 0 Å². The van der Waals surface area contributed by atoms with Crippen LogP contribution in [0.4, 0.5) is 0 Å². The molecule has 0 radical (unpaired) electrons. The van der Waals surface area contributed by atoms with Crippen LogP contribution in [0.25, 0.3) is 11.4 Å². The lowest BCUT2D eigenvalue weighted by atomic mass is 10.2. The van der Waals surface area contributed by atoms with Crippen LogP contribution in [0, 0.1) is 6.92 Å². The molecule has 1 heterocycles. The van der Waals surface area contributed by atoms with Gasteiger partial charge in [0.15, 0.2) is 5.82 Å². The Balaban J connectivity index is 0.000000686. The van der Waals surface area contributed by atoms with E-state index in [1.54, 1.807) is 13.3 Å². The van der Waals surface area contributed by atoms with Gasteiger partial charge in [-0.3, -0.25) is 0 Å². The van der Waals surface area contributed by atoms with Crippen LogP contribution in [0.1, 0.15) is 19.5 Å². The average Bonchev–Trinajstić information content (AvgIpc) is 2.41. The first kappa shape index (κ1) is 13.2. The van der Waals surface area contributed by atoms with Crippen molar-refractivity contribution in [3.63, 3.8) is 0 Å². The van der Waals surface area contributed by atoms with Crippen molar-refractivity contribution < 1.29 is 4.74 Å². The zero-order chi connectivity index (χ0) is 12.7. The van der Waals surface area contributed by atoms with Crippen molar-refractivity contribution in [2.75, 3.05) is 7.11 Å². The number of rotatable bonds is 2. The molecule has 2 rings (SSSR count). The molecule has 3 heteroatoms. The van der Waals surface area contributed by atoms with Crippen LogP contribution in [0.5, 0.6) is 5.75 Å². The molecular formula is C14H18N2O. The predicted molar refractivity (Wildman–Crippen MR) is 70.1 cm³/mol. The third-order valence-corrected chi connectivity index (χ3v) is 2.12. The zero-order valence-corrected chi connectivity index (χ0v) is 10.8. The maximum atomic E-state index is 5.15. The third kappa shape index (κ3) is 3.55. The molecule has 0 N–H and O–H groups in total. The SMILES string of the molecule is CC.COc1cccc(-c2nccc(C)n2)c1. The summed E-state index contributed by atoms with van der Waals surface area (Å²) in [6, 6.07) is 9.61. The lowest BCUT2D eigenvalue weighted by Gasteiger charge is -2.03. The number of nitrogens with zero attached hydrogens (tertiary/aromatic N) is 2. The molecule has 0 aliphatic heterocycles. The van der Waals surface area contributed by atoms with Crippen LogP contribution in [0.2, 0.25) is 0 Å². The summed E-state index contributed by atoms with van der Waals surface area (Å²) in [4.78, 5) is 8.57. The summed E-state index contributed by atoms with van der Waals surface area (Å²) < 4.78 is 5.15. The molecule has 17 heavy (non-hydrogen) atoms. The van der Waals surface area contributed by atoms with Crippen molar-refractivity contribution in [1.82, 2.24) is 9.97 Å². The van der Waals surface area contributed by atoms with E-state index in [2.05, 4.69) is 9.97 Å². The molecule has 0 fully saturated rings. The molecule has 0 aliphatic rings. The van der Waals surface area contributed by atoms with Crippen LogP contribution < -0.4 is 4.74 Å². The van der Waals surface area contributed by atoms with Crippen molar-refractivity contribution in [3.8, 4) is 17.1 Å². The highest BCUT2D eigenvalue weighted by molar-refractivity contribution is 5.57. The van der Waals surface area contributed by atoms with Crippen molar-refractivity contribution in [3.05, 3.63) is 42.2 Å². The highest BCUT2D eigenvalue weighted by atomic mass is 16.5. The molecule has 0 amide bonds. The molecule has 0 saturated carbocycles. The van der Waals surface area contributed by atoms with Crippen LogP contribution in [0.15, 0.2) is 36.5 Å². The smallest absolute Gasteiger partial charge is 0.159 e. The second-order valence-corrected chi connectivity index (χ2v) is 3.25. The van der Waals surface area contributed by atoms with Gasteiger partial charge in [-0.2, -0.15) is 0 Å². The van der Waals surface area contributed by atoms with Crippen LogP contribution >= 0.6 is 0 Å². The molecule has 0 spiro atoms. The average molecular weight is 230 g/mol. The molecule has 0 atom stereocenters. The lowest BCUT2D eigenvalue weighted by molar-refractivity contribution is 0.415. The second-order valence-electron chi connectivity index (χ2n) is 3.25. The quantitative estimate of drug-likeness (QED) is 0.792. The Bertz CT molecular complexity index is 469. The first-order valence-electron chi connectivity index (χ1n) is 5.73. The minimum absolute atomic E-state index is 0.730. The molecule has 3 nitrogen and oxygen atoms in total. The fourth-order valence-corrected chi connectivity index (χ4v) is 1.35. The molecule has 90 valence electrons. The number of aromatic nitrogens is 2. The largest absolute Gasteiger partial charge is 0.497 e. The summed E-state index contributed by atoms with van der Waals surface area (Å²) in [6.07, 6.45) is 1.76. The highest BCUT2D eigenvalue weighted by Crippen LogP contribution is 2.20. The Labute approximate surface area is 103 Å². The predicted octanol–water partition coefficient (Wildman–Crippen LogP) is 3.49. The first-order chi connectivity index (χ1) is 8.29. The summed E-state index contributed by atoms with van der Waals surface area (Å²) in [6.45, 7) is 5.95. The van der Waals surface area contributed by atoms with Crippen molar-refractivity contribution in [1.29, 1.82) is 0 Å². The number of benzene rings is 1. The maximum Gasteiger partial charge on any atom is 0.159 e. The summed E-state index contributed by atoms with van der Waals surface area (Å²) in [5.74, 6) is 1.55. The molecule has 1 aromatic carbocycles. The molecule has 0 bridgehead atoms. The van der Waals surface area contributed by atoms with Crippen molar-refractivity contribution in [2.45, 2.75) is 20.8 Å². The van der Waals surface area contributed by atoms with E-state index in [1.165, 1.54) is 0 Å². The van der Waals surface area contributed by atoms with Gasteiger partial charge in [0.1, 0.15) is 5.75 Å². The van der Waals surface area contributed by atoms with Crippen LogP contribution in [-0.2, 0) is 0 Å². The van der Waals surface area contributed by atoms with Crippen molar-refractivity contribution >= 4 is 0 Å². The number of hydrogen-bond acceptors (Lipinski definition) is 3. The number of hydrogen-bond donors (Lipinski definition) is 0. The standard InChI is InChI=1S/C12H12N2O.C2H6/c1-9-6-7-13-12(14-9)10-4-3-5-11(8-10)15-2;1-2/h3-8H,1-2H3;1-2H3. The molecule has 0 unspecified atom stereocenters. The van der Waals surface area contributed by atoms with E-state index in [0.29, 0.717) is 0 Å². The van der Waals surface area contributed by atoms with Gasteiger partial charge in [0, 0.05) is 17.5 Å². The summed E-state index contributed by atoms with van der Waals surface area (Å²) in [5.41, 5.74) is 1.93. The van der Waals surface area contributed by atoms with E-state index < -0.39 is 0 Å². The Morgan fingerprint density at radius 1 is 1.12 bits per heavy atom. The number of ether oxygens (including phenoxy) is 1. The van der Waals surface area contributed by atoms with Gasteiger partial charge in [0.2, 0.25) is 0 Å². The molecule has 0 saturated heterocycles. The van der Waals surface area contributed by atoms with E-state index in [0.717, 1.165) is 22.8 Å². The van der Waals surface area contributed by atoms with Gasteiger partial charge in [0.25, 0.3) is 0 Å². The minimum Gasteiger partial charge on any atom is -0.497 e. The van der Waals surface area contributed by atoms with Gasteiger partial charge in [-0.25, -0.2) is 9.97 Å². The molecule has 0 aliphatic carbocycles. The first-order valence-corrected chi connectivity index (χ1v) is 5.73. The van der Waals surface area contributed by atoms with E-state index in [9.17, 15) is 0 Å². The molecule has 2 aromatic rings. The normalized spacial score (nSPS) is 9.18. The van der Waals surface area contributed by atoms with Gasteiger partial charge in [0.05, 0.1) is 7.11 Å². The second kappa shape index (κ2) is 6.63. The highest BCUT2D eigenvalue weighted by Gasteiger charge is 2.01. The summed E-state index contributed by atoms with van der Waals surface area (Å²) in [5, 5.41) is 0. The summed E-state index contributed by atoms with van der Waals surface area (Å²) in [7, 11) is 1.65. The van der Waals surface area contributed by atoms with E-state index in [4.69, 9.17) is 4.74 Å². The number of aryl methyl sites for hydroxylation is 1. The number of methoxy groups -OCH3 is 1. The Kier molecular flexibility index (Phi) is 5.14. The molecule has 1 aromatic heterocycles. The van der Waals surface area contributed by atoms with Crippen LogP contribution in [0.3, 0.4) is 0 Å². The Hall–Kier alpha value is -1.90.